The van der Waals surface area contributed by atoms with Crippen LogP contribution in [-0.4, -0.2) is 29.7 Å². The molecule has 0 amide bonds. The van der Waals surface area contributed by atoms with Crippen LogP contribution < -0.4 is 0 Å². The molecule has 6 heteroatoms. The van der Waals surface area contributed by atoms with Gasteiger partial charge in [-0.15, -0.1) is 0 Å². The van der Waals surface area contributed by atoms with Crippen molar-refractivity contribution in [3.8, 4) is 0 Å². The number of likely N-dealkylation sites (tertiary alicyclic amines) is 1. The SMILES string of the molecule is OCC1CCN(Cc2ccc(F)c(C(F)(F)F)c2)CC1. The summed E-state index contributed by atoms with van der Waals surface area (Å²) in [5, 5.41) is 9.04. The molecule has 0 aliphatic carbocycles. The van der Waals surface area contributed by atoms with Gasteiger partial charge in [-0.1, -0.05) is 6.07 Å². The third-order valence-electron chi connectivity index (χ3n) is 3.71. The molecule has 112 valence electrons. The summed E-state index contributed by atoms with van der Waals surface area (Å²) in [6.45, 7) is 2.01. The Hall–Kier alpha value is -1.14. The van der Waals surface area contributed by atoms with Gasteiger partial charge < -0.3 is 5.11 Å². The van der Waals surface area contributed by atoms with Crippen molar-refractivity contribution in [1.82, 2.24) is 4.90 Å². The molecule has 1 heterocycles. The van der Waals surface area contributed by atoms with Gasteiger partial charge in [0.1, 0.15) is 5.82 Å². The molecule has 20 heavy (non-hydrogen) atoms. The molecule has 0 saturated carbocycles. The first-order chi connectivity index (χ1) is 9.40. The highest BCUT2D eigenvalue weighted by Crippen LogP contribution is 2.32. The van der Waals surface area contributed by atoms with Gasteiger partial charge in [-0.25, -0.2) is 4.39 Å². The van der Waals surface area contributed by atoms with Gasteiger partial charge in [0.25, 0.3) is 0 Å². The van der Waals surface area contributed by atoms with Crippen molar-refractivity contribution in [2.75, 3.05) is 19.7 Å². The molecule has 1 aliphatic rings. The normalized spacial score (nSPS) is 18.4. The van der Waals surface area contributed by atoms with Gasteiger partial charge in [0.15, 0.2) is 0 Å². The molecule has 0 atom stereocenters. The molecule has 0 bridgehead atoms. The third kappa shape index (κ3) is 3.70. The van der Waals surface area contributed by atoms with Crippen molar-refractivity contribution in [2.45, 2.75) is 25.6 Å². The maximum Gasteiger partial charge on any atom is 0.419 e. The average molecular weight is 291 g/mol. The van der Waals surface area contributed by atoms with Crippen LogP contribution in [0.15, 0.2) is 18.2 Å². The molecule has 1 saturated heterocycles. The largest absolute Gasteiger partial charge is 0.419 e. The van der Waals surface area contributed by atoms with Gasteiger partial charge in [0, 0.05) is 13.2 Å². The first-order valence-electron chi connectivity index (χ1n) is 6.59. The van der Waals surface area contributed by atoms with Gasteiger partial charge in [-0.3, -0.25) is 4.90 Å². The van der Waals surface area contributed by atoms with E-state index in [1.807, 2.05) is 4.90 Å². The van der Waals surface area contributed by atoms with E-state index >= 15 is 0 Å². The topological polar surface area (TPSA) is 23.5 Å². The standard InChI is InChI=1S/C14H17F4NO/c15-13-2-1-11(7-12(13)14(16,17)18)8-19-5-3-10(9-20)4-6-19/h1-2,7,10,20H,3-6,8-9H2. The van der Waals surface area contributed by atoms with E-state index in [9.17, 15) is 17.6 Å². The number of halogens is 4. The predicted octanol–water partition coefficient (Wildman–Crippen LogP) is 3.05. The van der Waals surface area contributed by atoms with E-state index in [2.05, 4.69) is 0 Å². The number of alkyl halides is 3. The lowest BCUT2D eigenvalue weighted by atomic mass is 9.97. The fourth-order valence-electron chi connectivity index (χ4n) is 2.47. The number of hydrogen-bond acceptors (Lipinski definition) is 2. The Bertz CT molecular complexity index is 453. The Labute approximate surface area is 115 Å². The van der Waals surface area contributed by atoms with Crippen molar-refractivity contribution < 1.29 is 22.7 Å². The number of aliphatic hydroxyl groups excluding tert-OH is 1. The van der Waals surface area contributed by atoms with Crippen LogP contribution in [0, 0.1) is 11.7 Å². The molecule has 2 nitrogen and oxygen atoms in total. The number of aliphatic hydroxyl groups is 1. The van der Waals surface area contributed by atoms with Gasteiger partial charge in [-0.05, 0) is 49.5 Å². The van der Waals surface area contributed by atoms with Crippen LogP contribution in [0.5, 0.6) is 0 Å². The van der Waals surface area contributed by atoms with Crippen LogP contribution in [0.1, 0.15) is 24.0 Å². The zero-order valence-corrected chi connectivity index (χ0v) is 11.0. The number of benzene rings is 1. The van der Waals surface area contributed by atoms with E-state index in [-0.39, 0.29) is 12.5 Å². The molecule has 0 radical (unpaired) electrons. The summed E-state index contributed by atoms with van der Waals surface area (Å²) >= 11 is 0. The molecule has 2 rings (SSSR count). The lowest BCUT2D eigenvalue weighted by Gasteiger charge is -2.31. The molecule has 1 aromatic carbocycles. The number of nitrogens with zero attached hydrogens (tertiary/aromatic N) is 1. The Morgan fingerprint density at radius 1 is 1.20 bits per heavy atom. The Balaban J connectivity index is 2.04. The number of hydrogen-bond donors (Lipinski definition) is 1. The summed E-state index contributed by atoms with van der Waals surface area (Å²) in [5.74, 6) is -0.953. The Morgan fingerprint density at radius 3 is 2.40 bits per heavy atom. The Morgan fingerprint density at radius 2 is 1.85 bits per heavy atom. The van der Waals surface area contributed by atoms with Gasteiger partial charge >= 0.3 is 6.18 Å². The zero-order valence-electron chi connectivity index (χ0n) is 11.0. The molecule has 0 unspecified atom stereocenters. The van der Waals surface area contributed by atoms with Crippen LogP contribution in [-0.2, 0) is 12.7 Å². The highest BCUT2D eigenvalue weighted by molar-refractivity contribution is 5.27. The molecule has 0 spiro atoms. The monoisotopic (exact) mass is 291 g/mol. The number of rotatable bonds is 3. The molecule has 1 aromatic rings. The quantitative estimate of drug-likeness (QED) is 0.865. The predicted molar refractivity (Wildman–Crippen MR) is 66.5 cm³/mol. The maximum atomic E-state index is 13.2. The second kappa shape index (κ2) is 6.10. The van der Waals surface area contributed by atoms with Crippen molar-refractivity contribution >= 4 is 0 Å². The van der Waals surface area contributed by atoms with Crippen LogP contribution in [0.25, 0.3) is 0 Å². The molecule has 1 fully saturated rings. The summed E-state index contributed by atoms with van der Waals surface area (Å²) in [6.07, 6.45) is -2.99. The summed E-state index contributed by atoms with van der Waals surface area (Å²) in [5.41, 5.74) is -0.749. The summed E-state index contributed by atoms with van der Waals surface area (Å²) in [7, 11) is 0. The van der Waals surface area contributed by atoms with Gasteiger partial charge in [0.05, 0.1) is 5.56 Å². The van der Waals surface area contributed by atoms with Crippen molar-refractivity contribution in [3.05, 3.63) is 35.1 Å². The minimum Gasteiger partial charge on any atom is -0.396 e. The average Bonchev–Trinajstić information content (AvgIpc) is 2.40. The minimum atomic E-state index is -4.66. The van der Waals surface area contributed by atoms with Crippen molar-refractivity contribution in [2.24, 2.45) is 5.92 Å². The summed E-state index contributed by atoms with van der Waals surface area (Å²) in [4.78, 5) is 2.03. The first-order valence-corrected chi connectivity index (χ1v) is 6.59. The minimum absolute atomic E-state index is 0.155. The van der Waals surface area contributed by atoms with E-state index in [4.69, 9.17) is 5.11 Å². The highest BCUT2D eigenvalue weighted by atomic mass is 19.4. The maximum absolute atomic E-state index is 13.2. The summed E-state index contributed by atoms with van der Waals surface area (Å²) in [6, 6.07) is 3.15. The van der Waals surface area contributed by atoms with E-state index in [0.717, 1.165) is 38.1 Å². The van der Waals surface area contributed by atoms with Gasteiger partial charge in [-0.2, -0.15) is 13.2 Å². The van der Waals surface area contributed by atoms with Crippen molar-refractivity contribution in [1.29, 1.82) is 0 Å². The van der Waals surface area contributed by atoms with E-state index in [1.54, 1.807) is 0 Å². The van der Waals surface area contributed by atoms with E-state index < -0.39 is 17.6 Å². The molecular weight excluding hydrogens is 274 g/mol. The molecule has 1 N–H and O–H groups in total. The lowest BCUT2D eigenvalue weighted by molar-refractivity contribution is -0.140. The number of piperidine rings is 1. The molecule has 1 aliphatic heterocycles. The zero-order chi connectivity index (χ0) is 14.8. The first kappa shape index (κ1) is 15.3. The third-order valence-corrected chi connectivity index (χ3v) is 3.71. The Kier molecular flexibility index (Phi) is 4.65. The van der Waals surface area contributed by atoms with E-state index in [1.165, 1.54) is 6.07 Å². The van der Waals surface area contributed by atoms with Crippen LogP contribution in [0.3, 0.4) is 0 Å². The lowest BCUT2D eigenvalue weighted by Crippen LogP contribution is -2.34. The van der Waals surface area contributed by atoms with Gasteiger partial charge in [0.2, 0.25) is 0 Å². The smallest absolute Gasteiger partial charge is 0.396 e. The van der Waals surface area contributed by atoms with Crippen molar-refractivity contribution in [3.63, 3.8) is 0 Å². The van der Waals surface area contributed by atoms with Crippen LogP contribution >= 0.6 is 0 Å². The molecule has 0 aromatic heterocycles. The highest BCUT2D eigenvalue weighted by Gasteiger charge is 2.34. The van der Waals surface area contributed by atoms with Crippen LogP contribution in [0.4, 0.5) is 17.6 Å². The van der Waals surface area contributed by atoms with Crippen LogP contribution in [0.2, 0.25) is 0 Å². The summed E-state index contributed by atoms with van der Waals surface area (Å²) < 4.78 is 51.0. The fourth-order valence-corrected chi connectivity index (χ4v) is 2.47. The molecular formula is C14H17F4NO. The second-order valence-corrected chi connectivity index (χ2v) is 5.21. The second-order valence-electron chi connectivity index (χ2n) is 5.21. The fraction of sp³-hybridized carbons (Fsp3) is 0.571. The van der Waals surface area contributed by atoms with E-state index in [0.29, 0.717) is 12.1 Å².